The maximum Gasteiger partial charge on any atom is 0.256 e. The predicted octanol–water partition coefficient (Wildman–Crippen LogP) is 4.79. The van der Waals surface area contributed by atoms with Gasteiger partial charge in [-0.2, -0.15) is 5.26 Å². The smallest absolute Gasteiger partial charge is 0.256 e. The van der Waals surface area contributed by atoms with E-state index in [1.54, 1.807) is 18.2 Å². The van der Waals surface area contributed by atoms with Crippen LogP contribution >= 0.6 is 11.3 Å². The number of carbonyl (C=O) groups excluding carboxylic acids is 1. The van der Waals surface area contributed by atoms with Crippen LogP contribution in [0, 0.1) is 17.2 Å². The van der Waals surface area contributed by atoms with Gasteiger partial charge in [-0.1, -0.05) is 6.92 Å². The highest BCUT2D eigenvalue weighted by Crippen LogP contribution is 2.39. The zero-order valence-corrected chi connectivity index (χ0v) is 16.7. The van der Waals surface area contributed by atoms with Crippen LogP contribution in [0.4, 0.5) is 5.00 Å². The first kappa shape index (κ1) is 19.2. The van der Waals surface area contributed by atoms with Crippen LogP contribution in [-0.4, -0.2) is 19.1 Å². The molecular formula is C21H24N2O3S. The minimum Gasteiger partial charge on any atom is -0.494 e. The summed E-state index contributed by atoms with van der Waals surface area (Å²) in [7, 11) is 0. The molecule has 6 heteroatoms. The summed E-state index contributed by atoms with van der Waals surface area (Å²) in [5, 5.41) is 13.2. The number of thiophene rings is 1. The monoisotopic (exact) mass is 384 g/mol. The largest absolute Gasteiger partial charge is 0.494 e. The lowest BCUT2D eigenvalue weighted by Gasteiger charge is -2.17. The summed E-state index contributed by atoms with van der Waals surface area (Å²) >= 11 is 1.53. The quantitative estimate of drug-likeness (QED) is 0.777. The number of rotatable bonds is 6. The average Bonchev–Trinajstić information content (AvgIpc) is 2.98. The van der Waals surface area contributed by atoms with Gasteiger partial charge in [-0.3, -0.25) is 4.79 Å². The highest BCUT2D eigenvalue weighted by molar-refractivity contribution is 7.16. The lowest BCUT2D eigenvalue weighted by Crippen LogP contribution is -2.13. The number of nitrogens with one attached hydrogen (secondary N) is 1. The van der Waals surface area contributed by atoms with E-state index < -0.39 is 0 Å². The Morgan fingerprint density at radius 1 is 1.26 bits per heavy atom. The third-order valence-corrected chi connectivity index (χ3v) is 5.78. The van der Waals surface area contributed by atoms with E-state index >= 15 is 0 Å². The van der Waals surface area contributed by atoms with E-state index in [4.69, 9.17) is 9.47 Å². The molecule has 5 nitrogen and oxygen atoms in total. The molecule has 1 N–H and O–H groups in total. The first-order valence-electron chi connectivity index (χ1n) is 9.32. The third-order valence-electron chi connectivity index (χ3n) is 4.61. The van der Waals surface area contributed by atoms with Crippen molar-refractivity contribution >= 4 is 22.2 Å². The summed E-state index contributed by atoms with van der Waals surface area (Å²) in [6.45, 7) is 7.02. The Bertz CT molecular complexity index is 858. The van der Waals surface area contributed by atoms with Crippen molar-refractivity contribution in [2.24, 2.45) is 5.92 Å². The number of fused-ring (bicyclic) bond motifs is 1. The standard InChI is InChI=1S/C21H24N2O3S/c1-4-25-15-9-14(10-16(11-15)26-5-2)20(24)23-21-18(12-22)17-7-6-13(3)8-19(17)27-21/h9-11,13H,4-8H2,1-3H3,(H,23,24)/t13-/m0/s1. The lowest BCUT2D eigenvalue weighted by atomic mass is 9.88. The van der Waals surface area contributed by atoms with E-state index in [1.807, 2.05) is 13.8 Å². The molecule has 0 unspecified atom stereocenters. The second-order valence-corrected chi connectivity index (χ2v) is 7.79. The normalized spacial score (nSPS) is 15.6. The van der Waals surface area contributed by atoms with Crippen molar-refractivity contribution in [3.63, 3.8) is 0 Å². The number of ether oxygens (including phenoxy) is 2. The lowest BCUT2D eigenvalue weighted by molar-refractivity contribution is 0.102. The molecule has 1 aromatic carbocycles. The number of nitrogens with zero attached hydrogens (tertiary/aromatic N) is 1. The molecule has 1 heterocycles. The van der Waals surface area contributed by atoms with E-state index in [0.29, 0.717) is 46.8 Å². The molecule has 1 amide bonds. The summed E-state index contributed by atoms with van der Waals surface area (Å²) in [6.07, 6.45) is 2.96. The number of nitriles is 1. The molecule has 0 radical (unpaired) electrons. The zero-order valence-electron chi connectivity index (χ0n) is 15.9. The third kappa shape index (κ3) is 4.25. The molecule has 0 saturated heterocycles. The fraction of sp³-hybridized carbons (Fsp3) is 0.429. The summed E-state index contributed by atoms with van der Waals surface area (Å²) in [6, 6.07) is 7.45. The number of benzene rings is 1. The fourth-order valence-corrected chi connectivity index (χ4v) is 4.69. The molecule has 1 aliphatic carbocycles. The summed E-state index contributed by atoms with van der Waals surface area (Å²) in [5.41, 5.74) is 2.17. The second kappa shape index (κ2) is 8.45. The molecule has 27 heavy (non-hydrogen) atoms. The highest BCUT2D eigenvalue weighted by Gasteiger charge is 2.25. The molecule has 0 saturated carbocycles. The van der Waals surface area contributed by atoms with Crippen molar-refractivity contribution in [1.82, 2.24) is 0 Å². The topological polar surface area (TPSA) is 71.3 Å². The van der Waals surface area contributed by atoms with Crippen LogP contribution in [0.1, 0.15) is 53.6 Å². The van der Waals surface area contributed by atoms with Gasteiger partial charge in [0.05, 0.1) is 18.8 Å². The van der Waals surface area contributed by atoms with E-state index in [9.17, 15) is 10.1 Å². The molecule has 0 fully saturated rings. The molecule has 0 spiro atoms. The van der Waals surface area contributed by atoms with Crippen LogP contribution in [0.25, 0.3) is 0 Å². The van der Waals surface area contributed by atoms with Gasteiger partial charge >= 0.3 is 0 Å². The van der Waals surface area contributed by atoms with Crippen LogP contribution in [0.15, 0.2) is 18.2 Å². The number of amides is 1. The Labute approximate surface area is 163 Å². The van der Waals surface area contributed by atoms with Gasteiger partial charge in [0.2, 0.25) is 0 Å². The Morgan fingerprint density at radius 2 is 1.93 bits per heavy atom. The van der Waals surface area contributed by atoms with Gasteiger partial charge in [-0.25, -0.2) is 0 Å². The number of carbonyl (C=O) groups is 1. The molecular weight excluding hydrogens is 360 g/mol. The van der Waals surface area contributed by atoms with Crippen LogP contribution in [0.5, 0.6) is 11.5 Å². The SMILES string of the molecule is CCOc1cc(OCC)cc(C(=O)Nc2sc3c(c2C#N)CC[C@H](C)C3)c1. The summed E-state index contributed by atoms with van der Waals surface area (Å²) in [5.74, 6) is 1.53. The molecule has 2 aromatic rings. The van der Waals surface area contributed by atoms with E-state index in [1.165, 1.54) is 16.2 Å². The zero-order chi connectivity index (χ0) is 19.4. The van der Waals surface area contributed by atoms with E-state index in [-0.39, 0.29) is 5.91 Å². The van der Waals surface area contributed by atoms with Crippen molar-refractivity contribution in [2.45, 2.75) is 40.0 Å². The maximum atomic E-state index is 12.8. The van der Waals surface area contributed by atoms with Gasteiger partial charge in [0.1, 0.15) is 22.6 Å². The van der Waals surface area contributed by atoms with Gasteiger partial charge < -0.3 is 14.8 Å². The number of hydrogen-bond acceptors (Lipinski definition) is 5. The van der Waals surface area contributed by atoms with Crippen molar-refractivity contribution < 1.29 is 14.3 Å². The Morgan fingerprint density at radius 3 is 2.52 bits per heavy atom. The minimum absolute atomic E-state index is 0.263. The van der Waals surface area contributed by atoms with Crippen LogP contribution in [0.2, 0.25) is 0 Å². The Kier molecular flexibility index (Phi) is 6.02. The number of anilines is 1. The molecule has 1 aliphatic rings. The predicted molar refractivity (Wildman–Crippen MR) is 107 cm³/mol. The fourth-order valence-electron chi connectivity index (χ4n) is 3.34. The van der Waals surface area contributed by atoms with Crippen LogP contribution in [-0.2, 0) is 12.8 Å². The van der Waals surface area contributed by atoms with Crippen molar-refractivity contribution in [2.75, 3.05) is 18.5 Å². The van der Waals surface area contributed by atoms with E-state index in [2.05, 4.69) is 18.3 Å². The second-order valence-electron chi connectivity index (χ2n) is 6.68. The van der Waals surface area contributed by atoms with Crippen LogP contribution < -0.4 is 14.8 Å². The van der Waals surface area contributed by atoms with E-state index in [0.717, 1.165) is 24.8 Å². The van der Waals surface area contributed by atoms with Gasteiger partial charge in [0.25, 0.3) is 5.91 Å². The average molecular weight is 385 g/mol. The molecule has 142 valence electrons. The summed E-state index contributed by atoms with van der Waals surface area (Å²) in [4.78, 5) is 14.1. The highest BCUT2D eigenvalue weighted by atomic mass is 32.1. The van der Waals surface area contributed by atoms with Gasteiger partial charge in [-0.05, 0) is 56.7 Å². The molecule has 1 atom stereocenters. The summed E-state index contributed by atoms with van der Waals surface area (Å²) < 4.78 is 11.1. The first-order valence-corrected chi connectivity index (χ1v) is 10.1. The van der Waals surface area contributed by atoms with Crippen LogP contribution in [0.3, 0.4) is 0 Å². The minimum atomic E-state index is -0.263. The Balaban J connectivity index is 1.88. The Hall–Kier alpha value is -2.52. The van der Waals surface area contributed by atoms with Gasteiger partial charge in [-0.15, -0.1) is 11.3 Å². The molecule has 0 bridgehead atoms. The molecule has 1 aromatic heterocycles. The van der Waals surface area contributed by atoms with Gasteiger partial charge in [0, 0.05) is 16.5 Å². The van der Waals surface area contributed by atoms with Crippen molar-refractivity contribution in [3.05, 3.63) is 39.8 Å². The molecule has 3 rings (SSSR count). The van der Waals surface area contributed by atoms with Crippen molar-refractivity contribution in [1.29, 1.82) is 5.26 Å². The maximum absolute atomic E-state index is 12.8. The first-order chi connectivity index (χ1) is 13.0. The van der Waals surface area contributed by atoms with Crippen molar-refractivity contribution in [3.8, 4) is 17.6 Å². The van der Waals surface area contributed by atoms with Gasteiger partial charge in [0.15, 0.2) is 0 Å². The molecule has 0 aliphatic heterocycles. The number of hydrogen-bond donors (Lipinski definition) is 1.